The number of ether oxygens (including phenoxy) is 2. The smallest absolute Gasteiger partial charge is 0.161 e. The summed E-state index contributed by atoms with van der Waals surface area (Å²) in [4.78, 5) is 1.09. The summed E-state index contributed by atoms with van der Waals surface area (Å²) in [6.07, 6.45) is 0. The number of hydrogen-bond donors (Lipinski definition) is 1. The monoisotopic (exact) mass is 311 g/mol. The van der Waals surface area contributed by atoms with E-state index in [4.69, 9.17) is 21.1 Å². The van der Waals surface area contributed by atoms with E-state index in [9.17, 15) is 0 Å². The molecule has 1 atom stereocenters. The van der Waals surface area contributed by atoms with Crippen molar-refractivity contribution in [3.8, 4) is 11.5 Å². The van der Waals surface area contributed by atoms with E-state index in [1.165, 1.54) is 11.3 Å². The molecule has 0 spiro atoms. The maximum Gasteiger partial charge on any atom is 0.161 e. The van der Waals surface area contributed by atoms with E-state index >= 15 is 0 Å². The normalized spacial score (nSPS) is 12.2. The van der Waals surface area contributed by atoms with Gasteiger partial charge < -0.3 is 14.8 Å². The lowest BCUT2D eigenvalue weighted by molar-refractivity contribution is 0.287. The van der Waals surface area contributed by atoms with Gasteiger partial charge in [0.1, 0.15) is 6.61 Å². The topological polar surface area (TPSA) is 30.5 Å². The summed E-state index contributed by atoms with van der Waals surface area (Å²) in [6.45, 7) is 2.59. The molecule has 0 amide bonds. The van der Waals surface area contributed by atoms with Gasteiger partial charge in [0.2, 0.25) is 0 Å². The Labute approximate surface area is 128 Å². The molecule has 1 aromatic heterocycles. The van der Waals surface area contributed by atoms with Crippen LogP contribution in [-0.2, 0) is 6.61 Å². The van der Waals surface area contributed by atoms with Crippen molar-refractivity contribution in [1.29, 1.82) is 0 Å². The number of rotatable bonds is 6. The molecule has 0 saturated carbocycles. The van der Waals surface area contributed by atoms with E-state index in [1.54, 1.807) is 7.11 Å². The van der Waals surface area contributed by atoms with Crippen LogP contribution in [0.5, 0.6) is 11.5 Å². The Kier molecular flexibility index (Phi) is 5.29. The summed E-state index contributed by atoms with van der Waals surface area (Å²) in [7, 11) is 3.58. The molecule has 0 aliphatic rings. The summed E-state index contributed by atoms with van der Waals surface area (Å²) in [5.41, 5.74) is 1.16. The van der Waals surface area contributed by atoms with Crippen molar-refractivity contribution in [3.63, 3.8) is 0 Å². The molecule has 2 rings (SSSR count). The fraction of sp³-hybridized carbons (Fsp3) is 0.333. The molecule has 0 aliphatic heterocycles. The van der Waals surface area contributed by atoms with E-state index in [0.29, 0.717) is 6.61 Å². The molecule has 0 saturated heterocycles. The third kappa shape index (κ3) is 3.66. The number of benzene rings is 1. The van der Waals surface area contributed by atoms with Crippen LogP contribution in [0.3, 0.4) is 0 Å². The minimum Gasteiger partial charge on any atom is -0.493 e. The third-order valence-corrected chi connectivity index (χ3v) is 4.32. The van der Waals surface area contributed by atoms with Crippen LogP contribution < -0.4 is 14.8 Å². The van der Waals surface area contributed by atoms with Gasteiger partial charge in [-0.2, -0.15) is 0 Å². The maximum atomic E-state index is 5.90. The fourth-order valence-corrected chi connectivity index (χ4v) is 2.82. The molecule has 0 fully saturated rings. The summed E-state index contributed by atoms with van der Waals surface area (Å²) in [5.74, 6) is 1.48. The van der Waals surface area contributed by atoms with E-state index in [2.05, 4.69) is 12.2 Å². The number of nitrogens with one attached hydrogen (secondary N) is 1. The molecule has 0 bridgehead atoms. The molecule has 1 unspecified atom stereocenters. The number of thiophene rings is 1. The second kappa shape index (κ2) is 6.97. The highest BCUT2D eigenvalue weighted by molar-refractivity contribution is 7.16. The van der Waals surface area contributed by atoms with Crippen molar-refractivity contribution >= 4 is 22.9 Å². The van der Waals surface area contributed by atoms with Gasteiger partial charge in [0.05, 0.1) is 11.4 Å². The lowest BCUT2D eigenvalue weighted by atomic mass is 10.1. The third-order valence-electron chi connectivity index (χ3n) is 3.12. The molecule has 1 N–H and O–H groups in total. The quantitative estimate of drug-likeness (QED) is 0.864. The lowest BCUT2D eigenvalue weighted by Gasteiger charge is -2.15. The minimum absolute atomic E-state index is 0.272. The first-order chi connectivity index (χ1) is 9.63. The Balaban J connectivity index is 2.11. The minimum atomic E-state index is 0.272. The zero-order valence-electron chi connectivity index (χ0n) is 11.8. The lowest BCUT2D eigenvalue weighted by Crippen LogP contribution is -2.12. The van der Waals surface area contributed by atoms with Crippen molar-refractivity contribution in [2.24, 2.45) is 0 Å². The fourth-order valence-electron chi connectivity index (χ4n) is 1.82. The second-order valence-corrected chi connectivity index (χ2v) is 6.21. The van der Waals surface area contributed by atoms with Gasteiger partial charge >= 0.3 is 0 Å². The van der Waals surface area contributed by atoms with Gasteiger partial charge in [-0.25, -0.2) is 0 Å². The Bertz CT molecular complexity index is 571. The molecule has 0 radical (unpaired) electrons. The standard InChI is InChI=1S/C15H18ClNO2S/c1-10(17-2)11-4-6-13(14(8-11)18-3)19-9-12-5-7-15(16)20-12/h4-8,10,17H,9H2,1-3H3. The molecule has 108 valence electrons. The molecular formula is C15H18ClNO2S. The Morgan fingerprint density at radius 2 is 2.05 bits per heavy atom. The van der Waals surface area contributed by atoms with Crippen molar-refractivity contribution in [2.75, 3.05) is 14.2 Å². The van der Waals surface area contributed by atoms with Crippen LogP contribution >= 0.6 is 22.9 Å². The summed E-state index contributed by atoms with van der Waals surface area (Å²) in [5, 5.41) is 3.20. The van der Waals surface area contributed by atoms with Gasteiger partial charge in [0, 0.05) is 10.9 Å². The van der Waals surface area contributed by atoms with Gasteiger partial charge in [-0.3, -0.25) is 0 Å². The van der Waals surface area contributed by atoms with Crippen LogP contribution in [0.15, 0.2) is 30.3 Å². The van der Waals surface area contributed by atoms with Gasteiger partial charge in [-0.15, -0.1) is 11.3 Å². The number of halogens is 1. The second-order valence-electron chi connectivity index (χ2n) is 4.42. The van der Waals surface area contributed by atoms with E-state index < -0.39 is 0 Å². The van der Waals surface area contributed by atoms with Crippen molar-refractivity contribution in [3.05, 3.63) is 45.1 Å². The molecule has 20 heavy (non-hydrogen) atoms. The summed E-state index contributed by atoms with van der Waals surface area (Å²) < 4.78 is 12.0. The van der Waals surface area contributed by atoms with Crippen molar-refractivity contribution in [2.45, 2.75) is 19.6 Å². The van der Waals surface area contributed by atoms with E-state index in [-0.39, 0.29) is 6.04 Å². The largest absolute Gasteiger partial charge is 0.493 e. The highest BCUT2D eigenvalue weighted by atomic mass is 35.5. The predicted molar refractivity (Wildman–Crippen MR) is 84.1 cm³/mol. The highest BCUT2D eigenvalue weighted by Crippen LogP contribution is 2.31. The molecule has 0 aliphatic carbocycles. The molecule has 1 aromatic carbocycles. The molecule has 2 aromatic rings. The average molecular weight is 312 g/mol. The van der Waals surface area contributed by atoms with E-state index in [0.717, 1.165) is 26.3 Å². The average Bonchev–Trinajstić information content (AvgIpc) is 2.89. The number of hydrogen-bond acceptors (Lipinski definition) is 4. The van der Waals surface area contributed by atoms with Crippen LogP contribution in [-0.4, -0.2) is 14.2 Å². The van der Waals surface area contributed by atoms with E-state index in [1.807, 2.05) is 37.4 Å². The first-order valence-electron chi connectivity index (χ1n) is 6.36. The van der Waals surface area contributed by atoms with Gasteiger partial charge in [-0.05, 0) is 43.8 Å². The van der Waals surface area contributed by atoms with Crippen LogP contribution in [0.1, 0.15) is 23.4 Å². The number of methoxy groups -OCH3 is 1. The van der Waals surface area contributed by atoms with Crippen LogP contribution in [0.25, 0.3) is 0 Å². The van der Waals surface area contributed by atoms with Crippen LogP contribution in [0.4, 0.5) is 0 Å². The molecule has 1 heterocycles. The Hall–Kier alpha value is -1.23. The summed E-state index contributed by atoms with van der Waals surface area (Å²) in [6, 6.07) is 10.1. The first kappa shape index (κ1) is 15.2. The SMILES string of the molecule is CNC(C)c1ccc(OCc2ccc(Cl)s2)c(OC)c1. The zero-order chi connectivity index (χ0) is 14.5. The maximum absolute atomic E-state index is 5.90. The first-order valence-corrected chi connectivity index (χ1v) is 7.55. The van der Waals surface area contributed by atoms with Crippen LogP contribution in [0.2, 0.25) is 4.34 Å². The molecule has 3 nitrogen and oxygen atoms in total. The van der Waals surface area contributed by atoms with Crippen molar-refractivity contribution in [1.82, 2.24) is 5.32 Å². The predicted octanol–water partition coefficient (Wildman–Crippen LogP) is 4.27. The van der Waals surface area contributed by atoms with Gasteiger partial charge in [-0.1, -0.05) is 17.7 Å². The summed E-state index contributed by atoms with van der Waals surface area (Å²) >= 11 is 7.43. The Morgan fingerprint density at radius 3 is 2.65 bits per heavy atom. The highest BCUT2D eigenvalue weighted by Gasteiger charge is 2.10. The van der Waals surface area contributed by atoms with Crippen LogP contribution in [0, 0.1) is 0 Å². The Morgan fingerprint density at radius 1 is 1.25 bits per heavy atom. The van der Waals surface area contributed by atoms with Crippen molar-refractivity contribution < 1.29 is 9.47 Å². The molecule has 5 heteroatoms. The zero-order valence-corrected chi connectivity index (χ0v) is 13.3. The van der Waals surface area contributed by atoms with Gasteiger partial charge in [0.15, 0.2) is 11.5 Å². The van der Waals surface area contributed by atoms with Gasteiger partial charge in [0.25, 0.3) is 0 Å². The molecular weight excluding hydrogens is 294 g/mol.